The van der Waals surface area contributed by atoms with Crippen molar-refractivity contribution in [1.29, 1.82) is 0 Å². The molecule has 0 aromatic heterocycles. The first kappa shape index (κ1) is 20.9. The lowest BCUT2D eigenvalue weighted by molar-refractivity contribution is -0.121. The third-order valence-electron chi connectivity index (χ3n) is 4.04. The van der Waals surface area contributed by atoms with Gasteiger partial charge in [0.25, 0.3) is 0 Å². The van der Waals surface area contributed by atoms with Crippen LogP contribution < -0.4 is 5.32 Å². The van der Waals surface area contributed by atoms with Crippen molar-refractivity contribution in [2.24, 2.45) is 0 Å². The van der Waals surface area contributed by atoms with E-state index in [1.54, 1.807) is 0 Å². The molecule has 1 atom stereocenters. The minimum atomic E-state index is -0.0369. The zero-order chi connectivity index (χ0) is 16.0. The zero-order valence-corrected chi connectivity index (χ0v) is 15.6. The fraction of sp³-hybridized carbons (Fsp3) is 0.611. The fourth-order valence-corrected chi connectivity index (χ4v) is 3.00. The van der Waals surface area contributed by atoms with Crippen LogP contribution in [0.25, 0.3) is 0 Å². The van der Waals surface area contributed by atoms with Gasteiger partial charge in [0, 0.05) is 5.69 Å². The van der Waals surface area contributed by atoms with E-state index in [4.69, 9.17) is 0 Å². The van der Waals surface area contributed by atoms with Crippen LogP contribution in [0.3, 0.4) is 0 Å². The molecule has 4 heteroatoms. The molecular formula is C18H31ClN2O. The molecule has 0 heterocycles. The van der Waals surface area contributed by atoms with Crippen molar-refractivity contribution in [2.75, 3.05) is 18.4 Å². The fourth-order valence-electron chi connectivity index (χ4n) is 3.00. The number of nitrogens with zero attached hydrogens (tertiary/aromatic N) is 1. The Morgan fingerprint density at radius 1 is 1.09 bits per heavy atom. The molecule has 1 aromatic carbocycles. The van der Waals surface area contributed by atoms with E-state index in [9.17, 15) is 4.79 Å². The summed E-state index contributed by atoms with van der Waals surface area (Å²) in [5, 5.41) is 3.16. The van der Waals surface area contributed by atoms with Crippen molar-refractivity contribution in [3.8, 4) is 0 Å². The normalized spacial score (nSPS) is 12.0. The summed E-state index contributed by atoms with van der Waals surface area (Å²) in [5.41, 5.74) is 4.47. The van der Waals surface area contributed by atoms with Gasteiger partial charge < -0.3 is 5.32 Å². The number of carbonyl (C=O) groups is 1. The first-order valence-electron chi connectivity index (χ1n) is 8.07. The van der Waals surface area contributed by atoms with Gasteiger partial charge in [-0.25, -0.2) is 0 Å². The Labute approximate surface area is 141 Å². The largest absolute Gasteiger partial charge is 0.324 e. The number of rotatable bonds is 7. The van der Waals surface area contributed by atoms with Crippen LogP contribution in [-0.2, 0) is 4.79 Å². The van der Waals surface area contributed by atoms with E-state index in [1.807, 2.05) is 0 Å². The molecule has 126 valence electrons. The third-order valence-corrected chi connectivity index (χ3v) is 4.04. The summed E-state index contributed by atoms with van der Waals surface area (Å²) in [6.45, 7) is 14.4. The van der Waals surface area contributed by atoms with Gasteiger partial charge in [0.1, 0.15) is 0 Å². The summed E-state index contributed by atoms with van der Waals surface area (Å²) in [6.07, 6.45) is 1.91. The molecule has 0 bridgehead atoms. The average molecular weight is 327 g/mol. The van der Waals surface area contributed by atoms with Gasteiger partial charge in [-0.15, -0.1) is 12.4 Å². The number of nitrogens with one attached hydrogen (secondary N) is 1. The molecule has 1 aromatic rings. The number of aryl methyl sites for hydroxylation is 3. The zero-order valence-electron chi connectivity index (χ0n) is 14.8. The van der Waals surface area contributed by atoms with Crippen LogP contribution >= 0.6 is 12.4 Å². The average Bonchev–Trinajstić information content (AvgIpc) is 2.42. The molecule has 0 spiro atoms. The highest BCUT2D eigenvalue weighted by atomic mass is 35.5. The van der Waals surface area contributed by atoms with Gasteiger partial charge in [0.2, 0.25) is 5.91 Å². The Morgan fingerprint density at radius 2 is 1.59 bits per heavy atom. The van der Waals surface area contributed by atoms with Crippen molar-refractivity contribution in [2.45, 2.75) is 60.4 Å². The van der Waals surface area contributed by atoms with Crippen molar-refractivity contribution in [3.63, 3.8) is 0 Å². The molecule has 1 amide bonds. The molecule has 0 radical (unpaired) electrons. The molecule has 0 aliphatic rings. The number of halogens is 1. The number of hydrogen-bond acceptors (Lipinski definition) is 2. The monoisotopic (exact) mass is 326 g/mol. The molecule has 3 nitrogen and oxygen atoms in total. The maximum absolute atomic E-state index is 12.7. The molecule has 0 aliphatic heterocycles. The second-order valence-electron chi connectivity index (χ2n) is 5.79. The van der Waals surface area contributed by atoms with Crippen LogP contribution in [0.2, 0.25) is 0 Å². The van der Waals surface area contributed by atoms with E-state index in [-0.39, 0.29) is 24.4 Å². The molecule has 0 fully saturated rings. The number of likely N-dealkylation sites (N-methyl/N-ethyl adjacent to an activating group) is 1. The highest BCUT2D eigenvalue weighted by Crippen LogP contribution is 2.23. The number of amides is 1. The Balaban J connectivity index is 0.00000441. The van der Waals surface area contributed by atoms with Crippen LogP contribution in [0, 0.1) is 20.8 Å². The van der Waals surface area contributed by atoms with E-state index in [0.29, 0.717) is 0 Å². The molecule has 0 saturated heterocycles. The molecule has 22 heavy (non-hydrogen) atoms. The number of carbonyl (C=O) groups excluding carboxylic acids is 1. The Bertz CT molecular complexity index is 461. The van der Waals surface area contributed by atoms with Gasteiger partial charge in [-0.2, -0.15) is 0 Å². The van der Waals surface area contributed by atoms with Crippen LogP contribution in [0.15, 0.2) is 12.1 Å². The molecule has 0 aliphatic carbocycles. The lowest BCUT2D eigenvalue weighted by Crippen LogP contribution is -2.44. The van der Waals surface area contributed by atoms with Gasteiger partial charge in [-0.3, -0.25) is 9.69 Å². The summed E-state index contributed by atoms with van der Waals surface area (Å²) in [4.78, 5) is 14.9. The summed E-state index contributed by atoms with van der Waals surface area (Å²) in [6, 6.07) is 4.20. The predicted octanol–water partition coefficient (Wildman–Crippen LogP) is 4.48. The van der Waals surface area contributed by atoms with E-state index < -0.39 is 0 Å². The van der Waals surface area contributed by atoms with Crippen LogP contribution in [-0.4, -0.2) is 29.9 Å². The lowest BCUT2D eigenvalue weighted by Gasteiger charge is -2.29. The first-order chi connectivity index (χ1) is 9.94. The molecule has 1 rings (SSSR count). The first-order valence-corrected chi connectivity index (χ1v) is 8.07. The maximum Gasteiger partial charge on any atom is 0.241 e. The quantitative estimate of drug-likeness (QED) is 0.801. The summed E-state index contributed by atoms with van der Waals surface area (Å²) >= 11 is 0. The minimum Gasteiger partial charge on any atom is -0.324 e. The van der Waals surface area contributed by atoms with Gasteiger partial charge >= 0.3 is 0 Å². The summed E-state index contributed by atoms with van der Waals surface area (Å²) in [7, 11) is 0. The standard InChI is InChI=1S/C18H30N2O.ClH/c1-7-10-16(20(8-2)9-3)18(21)19-17-14(5)11-13(4)12-15(17)6;/h11-12,16H,7-10H2,1-6H3,(H,19,21);1H. The molecular weight excluding hydrogens is 296 g/mol. The second kappa shape index (κ2) is 9.86. The summed E-state index contributed by atoms with van der Waals surface area (Å²) in [5.74, 6) is 0.121. The third kappa shape index (κ3) is 5.29. The molecule has 0 saturated carbocycles. The highest BCUT2D eigenvalue weighted by Gasteiger charge is 2.23. The van der Waals surface area contributed by atoms with Crippen LogP contribution in [0.1, 0.15) is 50.3 Å². The smallest absolute Gasteiger partial charge is 0.241 e. The SMILES string of the molecule is CCCC(C(=O)Nc1c(C)cc(C)cc1C)N(CC)CC.Cl. The number of benzene rings is 1. The number of anilines is 1. The van der Waals surface area contributed by atoms with Gasteiger partial charge in [-0.1, -0.05) is 44.9 Å². The van der Waals surface area contributed by atoms with E-state index >= 15 is 0 Å². The predicted molar refractivity (Wildman–Crippen MR) is 98.1 cm³/mol. The minimum absolute atomic E-state index is 0. The summed E-state index contributed by atoms with van der Waals surface area (Å²) < 4.78 is 0. The van der Waals surface area contributed by atoms with Gasteiger partial charge in [0.05, 0.1) is 6.04 Å². The van der Waals surface area contributed by atoms with Crippen molar-refractivity contribution < 1.29 is 4.79 Å². The highest BCUT2D eigenvalue weighted by molar-refractivity contribution is 5.96. The second-order valence-corrected chi connectivity index (χ2v) is 5.79. The van der Waals surface area contributed by atoms with Crippen molar-refractivity contribution in [1.82, 2.24) is 4.90 Å². The Hall–Kier alpha value is -1.06. The van der Waals surface area contributed by atoms with Crippen molar-refractivity contribution >= 4 is 24.0 Å². The van der Waals surface area contributed by atoms with Crippen LogP contribution in [0.5, 0.6) is 0 Å². The van der Waals surface area contributed by atoms with Gasteiger partial charge in [0.15, 0.2) is 0 Å². The van der Waals surface area contributed by atoms with E-state index in [1.165, 1.54) is 5.56 Å². The maximum atomic E-state index is 12.7. The van der Waals surface area contributed by atoms with Crippen LogP contribution in [0.4, 0.5) is 5.69 Å². The van der Waals surface area contributed by atoms with Crippen molar-refractivity contribution in [3.05, 3.63) is 28.8 Å². The topological polar surface area (TPSA) is 32.3 Å². The Morgan fingerprint density at radius 3 is 2.00 bits per heavy atom. The lowest BCUT2D eigenvalue weighted by atomic mass is 10.0. The van der Waals surface area contributed by atoms with Gasteiger partial charge in [-0.05, 0) is 51.4 Å². The molecule has 1 unspecified atom stereocenters. The number of hydrogen-bond donors (Lipinski definition) is 1. The molecule has 1 N–H and O–H groups in total. The Kier molecular flexibility index (Phi) is 9.38. The van der Waals surface area contributed by atoms with E-state index in [0.717, 1.165) is 42.7 Å². The van der Waals surface area contributed by atoms with E-state index in [2.05, 4.69) is 63.9 Å².